The van der Waals surface area contributed by atoms with Crippen LogP contribution in [0.1, 0.15) is 52.4 Å². The van der Waals surface area contributed by atoms with E-state index >= 15 is 0 Å². The van der Waals surface area contributed by atoms with Crippen LogP contribution in [0.15, 0.2) is 0 Å². The van der Waals surface area contributed by atoms with Crippen molar-refractivity contribution < 1.29 is 14.4 Å². The molecule has 3 rings (SSSR count). The van der Waals surface area contributed by atoms with Crippen LogP contribution in [0.25, 0.3) is 0 Å². The molecule has 2 heterocycles. The second-order valence-corrected chi connectivity index (χ2v) is 7.29. The minimum atomic E-state index is -0.910. The fourth-order valence-electron chi connectivity index (χ4n) is 4.12. The van der Waals surface area contributed by atoms with E-state index in [1.165, 1.54) is 25.7 Å². The van der Waals surface area contributed by atoms with Gasteiger partial charge in [0.1, 0.15) is 12.1 Å². The quantitative estimate of drug-likeness (QED) is 0.786. The fraction of sp³-hybridized carbons (Fsp3) is 0.812. The molecule has 22 heavy (non-hydrogen) atoms. The minimum Gasteiger partial charge on any atom is -0.338 e. The lowest BCUT2D eigenvalue weighted by molar-refractivity contribution is -0.142. The van der Waals surface area contributed by atoms with E-state index in [-0.39, 0.29) is 18.4 Å². The topological polar surface area (TPSA) is 69.7 Å². The molecule has 3 aliphatic rings. The summed E-state index contributed by atoms with van der Waals surface area (Å²) in [6.07, 6.45) is 6.90. The van der Waals surface area contributed by atoms with E-state index in [1.807, 2.05) is 4.90 Å². The largest absolute Gasteiger partial charge is 0.338 e. The Kier molecular flexibility index (Phi) is 3.87. The van der Waals surface area contributed by atoms with Crippen LogP contribution in [-0.2, 0) is 9.59 Å². The van der Waals surface area contributed by atoms with E-state index < -0.39 is 11.6 Å². The number of likely N-dealkylation sites (tertiary alicyclic amines) is 1. The zero-order valence-corrected chi connectivity index (χ0v) is 13.4. The lowest BCUT2D eigenvalue weighted by Crippen LogP contribution is -2.53. The highest BCUT2D eigenvalue weighted by atomic mass is 16.2. The predicted octanol–water partition coefficient (Wildman–Crippen LogP) is 1.50. The molecule has 6 heteroatoms. The molecular formula is C16H25N3O3. The van der Waals surface area contributed by atoms with Gasteiger partial charge in [0.15, 0.2) is 0 Å². The van der Waals surface area contributed by atoms with Gasteiger partial charge in [-0.1, -0.05) is 12.8 Å². The lowest BCUT2D eigenvalue weighted by Gasteiger charge is -2.44. The average Bonchev–Trinajstić information content (AvgIpc) is 2.68. The zero-order valence-electron chi connectivity index (χ0n) is 13.4. The van der Waals surface area contributed by atoms with E-state index in [0.29, 0.717) is 12.0 Å². The Morgan fingerprint density at radius 3 is 2.55 bits per heavy atom. The third-order valence-electron chi connectivity index (χ3n) is 5.30. The van der Waals surface area contributed by atoms with Crippen LogP contribution in [0.5, 0.6) is 0 Å². The van der Waals surface area contributed by atoms with Gasteiger partial charge >= 0.3 is 6.03 Å². The molecule has 0 unspecified atom stereocenters. The van der Waals surface area contributed by atoms with Gasteiger partial charge in [0.05, 0.1) is 0 Å². The Balaban J connectivity index is 1.69. The summed E-state index contributed by atoms with van der Waals surface area (Å²) in [4.78, 5) is 39.8. The third kappa shape index (κ3) is 2.59. The molecule has 0 spiro atoms. The highest BCUT2D eigenvalue weighted by Gasteiger charge is 2.46. The van der Waals surface area contributed by atoms with Crippen LogP contribution in [0.2, 0.25) is 0 Å². The van der Waals surface area contributed by atoms with Gasteiger partial charge in [-0.05, 0) is 45.4 Å². The summed E-state index contributed by atoms with van der Waals surface area (Å²) in [7, 11) is 0. The molecule has 1 aliphatic carbocycles. The summed E-state index contributed by atoms with van der Waals surface area (Å²) in [6.45, 7) is 3.95. The van der Waals surface area contributed by atoms with Crippen molar-refractivity contribution >= 4 is 17.8 Å². The highest BCUT2D eigenvalue weighted by molar-refractivity contribution is 6.08. The number of hydrogen-bond acceptors (Lipinski definition) is 3. The first-order chi connectivity index (χ1) is 10.4. The van der Waals surface area contributed by atoms with Crippen molar-refractivity contribution in [1.82, 2.24) is 15.1 Å². The standard InChI is InChI=1S/C16H25N3O3/c1-16(2)14(21)19(15(22)17-16)10-13(20)18-9-5-7-11-6-3-4-8-12(11)18/h11-12H,3-10H2,1-2H3,(H,17,22)/t11-,12-/m0/s1. The summed E-state index contributed by atoms with van der Waals surface area (Å²) in [5, 5.41) is 2.62. The van der Waals surface area contributed by atoms with Gasteiger partial charge in [0.2, 0.25) is 5.91 Å². The number of imide groups is 1. The number of urea groups is 1. The summed E-state index contributed by atoms with van der Waals surface area (Å²) in [5.74, 6) is 0.201. The molecule has 2 saturated heterocycles. The first kappa shape index (κ1) is 15.3. The van der Waals surface area contributed by atoms with Crippen molar-refractivity contribution in [2.75, 3.05) is 13.1 Å². The Bertz CT molecular complexity index is 501. The molecule has 3 fully saturated rings. The first-order valence-corrected chi connectivity index (χ1v) is 8.34. The number of hydrogen-bond donors (Lipinski definition) is 1. The SMILES string of the molecule is CC1(C)NC(=O)N(CC(=O)N2CCC[C@@H]3CCCC[C@@H]32)C1=O. The summed E-state index contributed by atoms with van der Waals surface area (Å²) in [5.41, 5.74) is -0.910. The zero-order chi connectivity index (χ0) is 15.9. The maximum absolute atomic E-state index is 12.7. The molecule has 0 radical (unpaired) electrons. The maximum Gasteiger partial charge on any atom is 0.325 e. The number of fused-ring (bicyclic) bond motifs is 1. The maximum atomic E-state index is 12.7. The molecule has 1 saturated carbocycles. The summed E-state index contributed by atoms with van der Waals surface area (Å²) in [6, 6.07) is -0.149. The van der Waals surface area contributed by atoms with Crippen LogP contribution in [-0.4, -0.2) is 52.3 Å². The van der Waals surface area contributed by atoms with Gasteiger partial charge < -0.3 is 10.2 Å². The van der Waals surface area contributed by atoms with Crippen molar-refractivity contribution in [3.63, 3.8) is 0 Å². The van der Waals surface area contributed by atoms with Crippen LogP contribution in [0.3, 0.4) is 0 Å². The van der Waals surface area contributed by atoms with Gasteiger partial charge in [-0.2, -0.15) is 0 Å². The Hall–Kier alpha value is -1.59. The van der Waals surface area contributed by atoms with Crippen molar-refractivity contribution in [3.8, 4) is 0 Å². The molecule has 0 aromatic rings. The van der Waals surface area contributed by atoms with Crippen LogP contribution < -0.4 is 5.32 Å². The molecule has 2 atom stereocenters. The first-order valence-electron chi connectivity index (χ1n) is 8.34. The van der Waals surface area contributed by atoms with Crippen LogP contribution >= 0.6 is 0 Å². The van der Waals surface area contributed by atoms with Gasteiger partial charge in [-0.3, -0.25) is 14.5 Å². The fourth-order valence-corrected chi connectivity index (χ4v) is 4.12. The number of piperidine rings is 1. The number of carbonyl (C=O) groups is 3. The van der Waals surface area contributed by atoms with Crippen molar-refractivity contribution in [2.45, 2.75) is 64.0 Å². The van der Waals surface area contributed by atoms with Gasteiger partial charge in [-0.25, -0.2) is 4.79 Å². The minimum absolute atomic E-state index is 0.0854. The van der Waals surface area contributed by atoms with Crippen molar-refractivity contribution in [2.24, 2.45) is 5.92 Å². The second kappa shape index (κ2) is 5.56. The number of carbonyl (C=O) groups excluding carboxylic acids is 3. The molecule has 122 valence electrons. The highest BCUT2D eigenvalue weighted by Crippen LogP contribution is 2.35. The number of amides is 4. The average molecular weight is 307 g/mol. The van der Waals surface area contributed by atoms with Gasteiger partial charge in [-0.15, -0.1) is 0 Å². The predicted molar refractivity (Wildman–Crippen MR) is 81.0 cm³/mol. The third-order valence-corrected chi connectivity index (χ3v) is 5.30. The van der Waals surface area contributed by atoms with Crippen molar-refractivity contribution in [3.05, 3.63) is 0 Å². The molecule has 2 aliphatic heterocycles. The van der Waals surface area contributed by atoms with Crippen molar-refractivity contribution in [1.29, 1.82) is 0 Å². The van der Waals surface area contributed by atoms with E-state index in [9.17, 15) is 14.4 Å². The Morgan fingerprint density at radius 2 is 1.86 bits per heavy atom. The molecule has 1 N–H and O–H groups in total. The number of rotatable bonds is 2. The molecular weight excluding hydrogens is 282 g/mol. The van der Waals surface area contributed by atoms with Gasteiger partial charge in [0.25, 0.3) is 5.91 Å². The molecule has 6 nitrogen and oxygen atoms in total. The lowest BCUT2D eigenvalue weighted by atomic mass is 9.78. The van der Waals surface area contributed by atoms with Crippen LogP contribution in [0, 0.1) is 5.92 Å². The Labute approximate surface area is 131 Å². The second-order valence-electron chi connectivity index (χ2n) is 7.29. The molecule has 0 aromatic carbocycles. The Morgan fingerprint density at radius 1 is 1.18 bits per heavy atom. The molecule has 4 amide bonds. The molecule has 0 aromatic heterocycles. The number of nitrogens with zero attached hydrogens (tertiary/aromatic N) is 2. The monoisotopic (exact) mass is 307 g/mol. The van der Waals surface area contributed by atoms with Crippen LogP contribution in [0.4, 0.5) is 4.79 Å². The van der Waals surface area contributed by atoms with E-state index in [1.54, 1.807) is 13.8 Å². The summed E-state index contributed by atoms with van der Waals surface area (Å²) < 4.78 is 0. The molecule has 0 bridgehead atoms. The number of nitrogens with one attached hydrogen (secondary N) is 1. The van der Waals surface area contributed by atoms with E-state index in [0.717, 1.165) is 24.3 Å². The summed E-state index contributed by atoms with van der Waals surface area (Å²) >= 11 is 0. The van der Waals surface area contributed by atoms with E-state index in [2.05, 4.69) is 5.32 Å². The van der Waals surface area contributed by atoms with Gasteiger partial charge in [0, 0.05) is 12.6 Å². The smallest absolute Gasteiger partial charge is 0.325 e. The normalized spacial score (nSPS) is 31.0. The van der Waals surface area contributed by atoms with E-state index in [4.69, 9.17) is 0 Å².